The smallest absolute Gasteiger partial charge is 0.410 e. The van der Waals surface area contributed by atoms with Crippen LogP contribution in [0.15, 0.2) is 24.3 Å². The van der Waals surface area contributed by atoms with Crippen molar-refractivity contribution in [1.29, 1.82) is 0 Å². The molecule has 1 aromatic rings. The Hall–Kier alpha value is -2.04. The second kappa shape index (κ2) is 10.5. The summed E-state index contributed by atoms with van der Waals surface area (Å²) < 4.78 is 11.1. The molecule has 1 aliphatic rings. The van der Waals surface area contributed by atoms with Crippen molar-refractivity contribution >= 4 is 12.1 Å². The van der Waals surface area contributed by atoms with Crippen LogP contribution in [0.2, 0.25) is 0 Å². The molecule has 0 saturated heterocycles. The molecule has 1 saturated carbocycles. The van der Waals surface area contributed by atoms with Gasteiger partial charge in [0.1, 0.15) is 11.2 Å². The molecule has 0 aliphatic heterocycles. The summed E-state index contributed by atoms with van der Waals surface area (Å²) in [4.78, 5) is 26.7. The van der Waals surface area contributed by atoms with Crippen LogP contribution in [0.3, 0.4) is 0 Å². The molecule has 1 aromatic carbocycles. The fourth-order valence-corrected chi connectivity index (χ4v) is 3.69. The predicted molar refractivity (Wildman–Crippen MR) is 124 cm³/mol. The fraction of sp³-hybridized carbons (Fsp3) is 0.692. The van der Waals surface area contributed by atoms with Crippen LogP contribution in [0.1, 0.15) is 90.7 Å². The molecule has 1 amide bonds. The number of amides is 1. The molecule has 31 heavy (non-hydrogen) atoms. The second-order valence-corrected chi connectivity index (χ2v) is 10.9. The lowest BCUT2D eigenvalue weighted by atomic mass is 9.79. The summed E-state index contributed by atoms with van der Waals surface area (Å²) in [6.45, 7) is 11.8. The molecule has 0 bridgehead atoms. The maximum absolute atomic E-state index is 12.9. The first-order valence-electron chi connectivity index (χ1n) is 11.6. The zero-order valence-electron chi connectivity index (χ0n) is 20.5. The second-order valence-electron chi connectivity index (χ2n) is 10.9. The molecule has 2 rings (SSSR count). The summed E-state index contributed by atoms with van der Waals surface area (Å²) >= 11 is 0. The number of benzene rings is 1. The molecule has 1 unspecified atom stereocenters. The van der Waals surface area contributed by atoms with E-state index in [4.69, 9.17) is 9.47 Å². The highest BCUT2D eigenvalue weighted by atomic mass is 16.6. The molecule has 1 fully saturated rings. The normalized spacial score (nSPS) is 15.7. The third-order valence-corrected chi connectivity index (χ3v) is 5.50. The summed E-state index contributed by atoms with van der Waals surface area (Å²) in [5.74, 6) is 0.270. The van der Waals surface area contributed by atoms with Crippen LogP contribution in [-0.4, -0.2) is 41.8 Å². The Bertz CT molecular complexity index is 741. The minimum atomic E-state index is -0.518. The topological polar surface area (TPSA) is 55.8 Å². The van der Waals surface area contributed by atoms with Gasteiger partial charge in [-0.1, -0.05) is 30.7 Å². The Kier molecular flexibility index (Phi) is 8.56. The van der Waals surface area contributed by atoms with Crippen LogP contribution in [0, 0.1) is 5.92 Å². The van der Waals surface area contributed by atoms with Crippen LogP contribution in [0.5, 0.6) is 0 Å². The predicted octanol–water partition coefficient (Wildman–Crippen LogP) is 6.10. The van der Waals surface area contributed by atoms with Crippen molar-refractivity contribution in [2.24, 2.45) is 5.92 Å². The third kappa shape index (κ3) is 8.92. The van der Waals surface area contributed by atoms with Gasteiger partial charge in [-0.25, -0.2) is 4.79 Å². The van der Waals surface area contributed by atoms with Gasteiger partial charge in [-0.3, -0.25) is 4.79 Å². The fourth-order valence-electron chi connectivity index (χ4n) is 3.69. The molecule has 0 heterocycles. The van der Waals surface area contributed by atoms with E-state index in [1.807, 2.05) is 41.5 Å². The number of carbonyl (C=O) groups is 2. The van der Waals surface area contributed by atoms with Crippen LogP contribution < -0.4 is 0 Å². The minimum absolute atomic E-state index is 0.165. The standard InChI is InChI=1S/C26H41NO4/c1-25(2,3)30-23(28)22(15-10-16-27(7)24(29)31-26(4,5)6)18-19-11-8-14-21(17-19)20-12-9-13-20/h8,11,14,17,20,22H,9-10,12-13,15-16,18H2,1-7H3. The number of ether oxygens (including phenoxy) is 2. The summed E-state index contributed by atoms with van der Waals surface area (Å²) in [5.41, 5.74) is 1.53. The molecule has 174 valence electrons. The van der Waals surface area contributed by atoms with E-state index in [-0.39, 0.29) is 18.0 Å². The van der Waals surface area contributed by atoms with Gasteiger partial charge < -0.3 is 14.4 Å². The Labute approximate surface area is 188 Å². The number of rotatable bonds is 8. The molecule has 0 spiro atoms. The van der Waals surface area contributed by atoms with Gasteiger partial charge in [-0.2, -0.15) is 0 Å². The number of carbonyl (C=O) groups excluding carboxylic acids is 2. The highest BCUT2D eigenvalue weighted by Gasteiger charge is 2.27. The molecule has 5 nitrogen and oxygen atoms in total. The maximum atomic E-state index is 12.9. The minimum Gasteiger partial charge on any atom is -0.460 e. The van der Waals surface area contributed by atoms with Crippen molar-refractivity contribution < 1.29 is 19.1 Å². The van der Waals surface area contributed by atoms with Crippen molar-refractivity contribution in [3.8, 4) is 0 Å². The quantitative estimate of drug-likeness (QED) is 0.467. The van der Waals surface area contributed by atoms with Crippen LogP contribution in [0.4, 0.5) is 4.79 Å². The molecule has 5 heteroatoms. The monoisotopic (exact) mass is 431 g/mol. The lowest BCUT2D eigenvalue weighted by molar-refractivity contribution is -0.160. The number of hydrogen-bond donors (Lipinski definition) is 0. The van der Waals surface area contributed by atoms with E-state index in [2.05, 4.69) is 24.3 Å². The molecular weight excluding hydrogens is 390 g/mol. The first-order valence-corrected chi connectivity index (χ1v) is 11.6. The van der Waals surface area contributed by atoms with Gasteiger partial charge in [-0.15, -0.1) is 0 Å². The number of hydrogen-bond acceptors (Lipinski definition) is 4. The van der Waals surface area contributed by atoms with E-state index in [1.165, 1.54) is 30.4 Å². The van der Waals surface area contributed by atoms with Gasteiger partial charge in [0.25, 0.3) is 0 Å². The molecule has 0 N–H and O–H groups in total. The van der Waals surface area contributed by atoms with Gasteiger partial charge in [0.05, 0.1) is 5.92 Å². The van der Waals surface area contributed by atoms with Crippen molar-refractivity contribution in [2.45, 2.75) is 97.2 Å². The van der Waals surface area contributed by atoms with E-state index < -0.39 is 11.2 Å². The Morgan fingerprint density at radius 2 is 1.71 bits per heavy atom. The summed E-state index contributed by atoms with van der Waals surface area (Å²) in [5, 5.41) is 0. The lowest BCUT2D eigenvalue weighted by Gasteiger charge is -2.27. The van der Waals surface area contributed by atoms with Crippen LogP contribution in [0.25, 0.3) is 0 Å². The van der Waals surface area contributed by atoms with Crippen molar-refractivity contribution in [2.75, 3.05) is 13.6 Å². The van der Waals surface area contributed by atoms with Gasteiger partial charge in [-0.05, 0) is 90.7 Å². The van der Waals surface area contributed by atoms with Gasteiger partial charge in [0.15, 0.2) is 0 Å². The largest absolute Gasteiger partial charge is 0.460 e. The van der Waals surface area contributed by atoms with Crippen LogP contribution in [-0.2, 0) is 20.7 Å². The third-order valence-electron chi connectivity index (χ3n) is 5.50. The molecule has 1 aliphatic carbocycles. The van der Waals surface area contributed by atoms with E-state index >= 15 is 0 Å². The maximum Gasteiger partial charge on any atom is 0.410 e. The SMILES string of the molecule is CN(CCCC(Cc1cccc(C2CCC2)c1)C(=O)OC(C)(C)C)C(=O)OC(C)(C)C. The van der Waals surface area contributed by atoms with E-state index in [9.17, 15) is 9.59 Å². The molecule has 0 aromatic heterocycles. The summed E-state index contributed by atoms with van der Waals surface area (Å²) in [6, 6.07) is 8.66. The van der Waals surface area contributed by atoms with Gasteiger partial charge >= 0.3 is 12.1 Å². The summed E-state index contributed by atoms with van der Waals surface area (Å²) in [6.07, 6.45) is 5.52. The van der Waals surface area contributed by atoms with Crippen LogP contribution >= 0.6 is 0 Å². The van der Waals surface area contributed by atoms with E-state index in [0.717, 1.165) is 0 Å². The van der Waals surface area contributed by atoms with Crippen molar-refractivity contribution in [1.82, 2.24) is 4.90 Å². The van der Waals surface area contributed by atoms with E-state index in [0.29, 0.717) is 31.7 Å². The zero-order chi connectivity index (χ0) is 23.2. The molecule has 0 radical (unpaired) electrons. The highest BCUT2D eigenvalue weighted by molar-refractivity contribution is 5.73. The van der Waals surface area contributed by atoms with Crippen molar-refractivity contribution in [3.63, 3.8) is 0 Å². The first-order chi connectivity index (χ1) is 14.3. The van der Waals surface area contributed by atoms with Crippen molar-refractivity contribution in [3.05, 3.63) is 35.4 Å². The summed E-state index contributed by atoms with van der Waals surface area (Å²) in [7, 11) is 1.73. The first kappa shape index (κ1) is 25.2. The van der Waals surface area contributed by atoms with Gasteiger partial charge in [0, 0.05) is 13.6 Å². The molecule has 1 atom stereocenters. The average Bonchev–Trinajstić information content (AvgIpc) is 2.56. The zero-order valence-corrected chi connectivity index (χ0v) is 20.5. The van der Waals surface area contributed by atoms with E-state index in [1.54, 1.807) is 11.9 Å². The number of esters is 1. The Balaban J connectivity index is 2.00. The highest BCUT2D eigenvalue weighted by Crippen LogP contribution is 2.36. The lowest BCUT2D eigenvalue weighted by Crippen LogP contribution is -2.35. The average molecular weight is 432 g/mol. The Morgan fingerprint density at radius 1 is 1.06 bits per heavy atom. The number of nitrogens with zero attached hydrogens (tertiary/aromatic N) is 1. The molecular formula is C26H41NO4. The Morgan fingerprint density at radius 3 is 2.26 bits per heavy atom. The van der Waals surface area contributed by atoms with Gasteiger partial charge in [0.2, 0.25) is 0 Å².